The first-order valence-electron chi connectivity index (χ1n) is 9.87. The van der Waals surface area contributed by atoms with Gasteiger partial charge in [-0.3, -0.25) is 5.10 Å². The van der Waals surface area contributed by atoms with E-state index in [-0.39, 0.29) is 24.2 Å². The Hall–Kier alpha value is -2.55. The molecule has 1 unspecified atom stereocenters. The first-order valence-corrected chi connectivity index (χ1v) is 10.2. The molecule has 3 atom stereocenters. The Labute approximate surface area is 174 Å². The lowest BCUT2D eigenvalue weighted by atomic mass is 9.81. The summed E-state index contributed by atoms with van der Waals surface area (Å²) in [6.45, 7) is 1.93. The molecule has 0 aromatic carbocycles. The fourth-order valence-electron chi connectivity index (χ4n) is 4.48. The highest BCUT2D eigenvalue weighted by molar-refractivity contribution is 6.29. The first kappa shape index (κ1) is 19.8. The number of hydrogen-bond acceptors (Lipinski definition) is 7. The molecule has 2 aliphatic heterocycles. The quantitative estimate of drug-likeness (QED) is 0.731. The van der Waals surface area contributed by atoms with Gasteiger partial charge in [0.2, 0.25) is 5.95 Å². The molecule has 2 aromatic rings. The summed E-state index contributed by atoms with van der Waals surface area (Å²) in [7, 11) is 3.44. The molecule has 4 heterocycles. The van der Waals surface area contributed by atoms with Crippen LogP contribution in [-0.2, 0) is 4.74 Å². The zero-order valence-corrected chi connectivity index (χ0v) is 17.6. The number of ether oxygens (including phenoxy) is 1. The van der Waals surface area contributed by atoms with Crippen LogP contribution in [0.15, 0.2) is 12.1 Å². The zero-order valence-electron chi connectivity index (χ0n) is 16.9. The maximum atomic E-state index is 12.2. The van der Waals surface area contributed by atoms with E-state index in [1.807, 2.05) is 24.9 Å². The van der Waals surface area contributed by atoms with Crippen LogP contribution in [0, 0.1) is 6.92 Å². The number of carbonyl (C=O) groups excluding carboxylic acids is 1. The maximum Gasteiger partial charge on any atom is 0.409 e. The van der Waals surface area contributed by atoms with Crippen molar-refractivity contribution in [3.8, 4) is 0 Å². The molecule has 29 heavy (non-hydrogen) atoms. The summed E-state index contributed by atoms with van der Waals surface area (Å²) >= 11 is 6.27. The first-order chi connectivity index (χ1) is 13.9. The Kier molecular flexibility index (Phi) is 5.49. The summed E-state index contributed by atoms with van der Waals surface area (Å²) in [5, 5.41) is 10.6. The average molecular weight is 420 g/mol. The number of aryl methyl sites for hydroxylation is 1. The van der Waals surface area contributed by atoms with Crippen molar-refractivity contribution in [2.24, 2.45) is 0 Å². The fraction of sp³-hybridized carbons (Fsp3) is 0.579. The average Bonchev–Trinajstić information content (AvgIpc) is 3.09. The number of methoxy groups -OCH3 is 1. The minimum absolute atomic E-state index is 0.186. The van der Waals surface area contributed by atoms with Gasteiger partial charge in [0.25, 0.3) is 0 Å². The second-order valence-corrected chi connectivity index (χ2v) is 8.18. The summed E-state index contributed by atoms with van der Waals surface area (Å²) in [6, 6.07) is 4.17. The Morgan fingerprint density at radius 1 is 1.28 bits per heavy atom. The van der Waals surface area contributed by atoms with Crippen LogP contribution in [0.1, 0.15) is 37.8 Å². The molecule has 0 spiro atoms. The number of rotatable bonds is 4. The van der Waals surface area contributed by atoms with E-state index in [1.165, 1.54) is 7.11 Å². The normalized spacial score (nSPS) is 23.6. The van der Waals surface area contributed by atoms with E-state index < -0.39 is 0 Å². The van der Waals surface area contributed by atoms with Crippen LogP contribution in [0.2, 0.25) is 5.15 Å². The topological polar surface area (TPSA) is 99.3 Å². The molecular weight excluding hydrogens is 394 g/mol. The minimum atomic E-state index is -0.222. The van der Waals surface area contributed by atoms with Crippen molar-refractivity contribution in [3.05, 3.63) is 23.0 Å². The third-order valence-electron chi connectivity index (χ3n) is 5.84. The van der Waals surface area contributed by atoms with E-state index >= 15 is 0 Å². The Morgan fingerprint density at radius 2 is 2.00 bits per heavy atom. The van der Waals surface area contributed by atoms with Gasteiger partial charge in [-0.25, -0.2) is 9.78 Å². The highest BCUT2D eigenvalue weighted by Gasteiger charge is 2.42. The van der Waals surface area contributed by atoms with Crippen molar-refractivity contribution in [2.45, 2.75) is 57.2 Å². The van der Waals surface area contributed by atoms with Crippen LogP contribution >= 0.6 is 11.6 Å². The van der Waals surface area contributed by atoms with Crippen LogP contribution in [0.25, 0.3) is 0 Å². The van der Waals surface area contributed by atoms with Crippen molar-refractivity contribution < 1.29 is 9.53 Å². The summed E-state index contributed by atoms with van der Waals surface area (Å²) in [5.74, 6) is 1.82. The lowest BCUT2D eigenvalue weighted by molar-refractivity contribution is 0.0260. The van der Waals surface area contributed by atoms with Gasteiger partial charge in [-0.15, -0.1) is 0 Å². The van der Waals surface area contributed by atoms with Gasteiger partial charge < -0.3 is 19.9 Å². The van der Waals surface area contributed by atoms with Gasteiger partial charge in [-0.2, -0.15) is 10.1 Å². The number of piperidine rings is 2. The van der Waals surface area contributed by atoms with E-state index in [9.17, 15) is 4.79 Å². The number of H-pyrrole nitrogens is 1. The summed E-state index contributed by atoms with van der Waals surface area (Å²) < 4.78 is 5.01. The largest absolute Gasteiger partial charge is 0.453 e. The highest BCUT2D eigenvalue weighted by atomic mass is 35.5. The summed E-state index contributed by atoms with van der Waals surface area (Å²) in [6.07, 6.45) is 4.64. The molecule has 0 aliphatic carbocycles. The Balaban J connectivity index is 1.52. The number of nitrogens with zero attached hydrogens (tertiary/aromatic N) is 5. The number of hydrogen-bond donors (Lipinski definition) is 2. The maximum absolute atomic E-state index is 12.2. The van der Waals surface area contributed by atoms with Crippen molar-refractivity contribution in [2.75, 3.05) is 24.4 Å². The molecule has 2 saturated heterocycles. The molecule has 2 N–H and O–H groups in total. The van der Waals surface area contributed by atoms with Crippen LogP contribution in [-0.4, -0.2) is 63.4 Å². The summed E-state index contributed by atoms with van der Waals surface area (Å²) in [4.78, 5) is 25.3. The molecule has 156 valence electrons. The number of carbonyl (C=O) groups is 1. The third-order valence-corrected chi connectivity index (χ3v) is 6.04. The fourth-order valence-corrected chi connectivity index (χ4v) is 4.66. The number of amides is 1. The lowest BCUT2D eigenvalue weighted by Gasteiger charge is -2.49. The van der Waals surface area contributed by atoms with Gasteiger partial charge in [-0.1, -0.05) is 11.6 Å². The van der Waals surface area contributed by atoms with E-state index in [4.69, 9.17) is 16.3 Å². The number of halogens is 1. The van der Waals surface area contributed by atoms with Crippen molar-refractivity contribution in [3.63, 3.8) is 0 Å². The number of aromatic amines is 1. The van der Waals surface area contributed by atoms with Crippen molar-refractivity contribution >= 4 is 35.3 Å². The molecule has 2 bridgehead atoms. The highest BCUT2D eigenvalue weighted by Crippen LogP contribution is 2.37. The van der Waals surface area contributed by atoms with Crippen molar-refractivity contribution in [1.29, 1.82) is 0 Å². The molecule has 0 saturated carbocycles. The Morgan fingerprint density at radius 3 is 2.62 bits per heavy atom. The predicted octanol–water partition coefficient (Wildman–Crippen LogP) is 3.49. The van der Waals surface area contributed by atoms with Gasteiger partial charge >= 0.3 is 6.09 Å². The van der Waals surface area contributed by atoms with Crippen LogP contribution in [0.5, 0.6) is 0 Å². The molecule has 0 radical (unpaired) electrons. The molecule has 2 fully saturated rings. The third kappa shape index (κ3) is 4.10. The Bertz CT molecular complexity index is 875. The van der Waals surface area contributed by atoms with Gasteiger partial charge in [-0.05, 0) is 39.0 Å². The number of nitrogens with one attached hydrogen (secondary N) is 2. The van der Waals surface area contributed by atoms with Crippen LogP contribution in [0.4, 0.5) is 22.4 Å². The molecule has 4 rings (SSSR count). The van der Waals surface area contributed by atoms with E-state index in [2.05, 4.69) is 30.4 Å². The monoisotopic (exact) mass is 419 g/mol. The molecular formula is C19H26ClN7O2. The van der Waals surface area contributed by atoms with Crippen LogP contribution < -0.4 is 10.2 Å². The summed E-state index contributed by atoms with van der Waals surface area (Å²) in [5.41, 5.74) is 0.953. The minimum Gasteiger partial charge on any atom is -0.453 e. The van der Waals surface area contributed by atoms with E-state index in [0.29, 0.717) is 22.7 Å². The molecule has 2 aliphatic rings. The van der Waals surface area contributed by atoms with E-state index in [0.717, 1.165) is 37.8 Å². The van der Waals surface area contributed by atoms with Gasteiger partial charge in [0.15, 0.2) is 5.82 Å². The smallest absolute Gasteiger partial charge is 0.409 e. The molecule has 9 nitrogen and oxygen atoms in total. The lowest BCUT2D eigenvalue weighted by Crippen LogP contribution is -2.58. The molecule has 1 amide bonds. The van der Waals surface area contributed by atoms with Gasteiger partial charge in [0.05, 0.1) is 7.11 Å². The number of anilines is 3. The van der Waals surface area contributed by atoms with E-state index in [1.54, 1.807) is 6.07 Å². The predicted molar refractivity (Wildman–Crippen MR) is 111 cm³/mol. The second kappa shape index (κ2) is 8.06. The number of fused-ring (bicyclic) bond motifs is 2. The molecule has 10 heteroatoms. The van der Waals surface area contributed by atoms with Crippen LogP contribution in [0.3, 0.4) is 0 Å². The van der Waals surface area contributed by atoms with Gasteiger partial charge in [0.1, 0.15) is 11.0 Å². The number of aromatic nitrogens is 4. The molecule has 2 aromatic heterocycles. The SMILES string of the molecule is COC(=O)N1[C@@H]2CCC[C@H]1CC(N(C)c1nc(Cl)cc(Nc3cc(C)[nH]n3)n1)C2. The van der Waals surface area contributed by atoms with Crippen molar-refractivity contribution in [1.82, 2.24) is 25.1 Å². The second-order valence-electron chi connectivity index (χ2n) is 7.79. The van der Waals surface area contributed by atoms with Gasteiger partial charge in [0, 0.05) is 43.0 Å². The zero-order chi connectivity index (χ0) is 20.5. The standard InChI is InChI=1S/C19H26ClN7O2/c1-11-7-17(25-24-11)22-16-10-15(20)21-18(23-16)26(2)14-8-12-5-4-6-13(9-14)27(12)19(28)29-3/h7,10,12-14H,4-6,8-9H2,1-3H3,(H2,21,22,23,24,25)/t12-,13+,14?.